The van der Waals surface area contributed by atoms with E-state index < -0.39 is 11.9 Å². The number of nitrogens with one attached hydrogen (secondary N) is 1. The molecule has 0 saturated heterocycles. The summed E-state index contributed by atoms with van der Waals surface area (Å²) in [5, 5.41) is 11.8. The Morgan fingerprint density at radius 2 is 1.80 bits per heavy atom. The Kier molecular flexibility index (Phi) is 6.28. The van der Waals surface area contributed by atoms with Gasteiger partial charge in [0.15, 0.2) is 0 Å². The van der Waals surface area contributed by atoms with Gasteiger partial charge < -0.3 is 10.4 Å². The summed E-state index contributed by atoms with van der Waals surface area (Å²) in [4.78, 5) is 23.1. The average Bonchev–Trinajstić information content (AvgIpc) is 2.54. The molecule has 0 bridgehead atoms. The zero-order chi connectivity index (χ0) is 18.4. The van der Waals surface area contributed by atoms with E-state index >= 15 is 0 Å². The summed E-state index contributed by atoms with van der Waals surface area (Å²) in [5.41, 5.74) is 2.18. The van der Waals surface area contributed by atoms with Gasteiger partial charge in [-0.25, -0.2) is 4.39 Å². The van der Waals surface area contributed by atoms with Crippen LogP contribution >= 0.6 is 0 Å². The van der Waals surface area contributed by atoms with E-state index in [4.69, 9.17) is 5.11 Å². The molecule has 0 aliphatic rings. The van der Waals surface area contributed by atoms with E-state index in [2.05, 4.69) is 5.32 Å². The van der Waals surface area contributed by atoms with Crippen molar-refractivity contribution in [1.82, 2.24) is 0 Å². The molecule has 5 heteroatoms. The number of aliphatic carboxylic acids is 1. The number of anilines is 1. The standard InChI is InChI=1S/C20H22FNO3/c1-13(10-15-4-3-5-17(21)12-15)11-19(23)22-18-8-6-16(7-9-18)14(2)20(24)25/h3-9,12-14H,10-11H2,1-2H3,(H,22,23)(H,24,25). The number of carbonyl (C=O) groups is 2. The molecule has 1 amide bonds. The fraction of sp³-hybridized carbons (Fsp3) is 0.300. The normalized spacial score (nSPS) is 13.1. The van der Waals surface area contributed by atoms with Gasteiger partial charge >= 0.3 is 5.97 Å². The molecule has 2 rings (SSSR count). The lowest BCUT2D eigenvalue weighted by Crippen LogP contribution is -2.16. The highest BCUT2D eigenvalue weighted by Crippen LogP contribution is 2.19. The quantitative estimate of drug-likeness (QED) is 0.791. The van der Waals surface area contributed by atoms with E-state index in [1.54, 1.807) is 37.3 Å². The van der Waals surface area contributed by atoms with Crippen molar-refractivity contribution >= 4 is 17.6 Å². The minimum atomic E-state index is -0.886. The second-order valence-corrected chi connectivity index (χ2v) is 6.37. The average molecular weight is 343 g/mol. The van der Waals surface area contributed by atoms with Gasteiger partial charge in [-0.05, 0) is 54.7 Å². The maximum absolute atomic E-state index is 13.2. The molecular formula is C20H22FNO3. The Bertz CT molecular complexity index is 743. The van der Waals surface area contributed by atoms with Crippen LogP contribution in [0.3, 0.4) is 0 Å². The molecule has 0 spiro atoms. The number of hydrogen-bond donors (Lipinski definition) is 2. The van der Waals surface area contributed by atoms with Crippen LogP contribution in [0.2, 0.25) is 0 Å². The van der Waals surface area contributed by atoms with E-state index in [1.807, 2.05) is 13.0 Å². The minimum Gasteiger partial charge on any atom is -0.481 e. The van der Waals surface area contributed by atoms with Crippen molar-refractivity contribution in [2.24, 2.45) is 5.92 Å². The van der Waals surface area contributed by atoms with Crippen molar-refractivity contribution in [1.29, 1.82) is 0 Å². The first-order valence-corrected chi connectivity index (χ1v) is 8.22. The van der Waals surface area contributed by atoms with Crippen LogP contribution in [0.4, 0.5) is 10.1 Å². The largest absolute Gasteiger partial charge is 0.481 e. The molecule has 0 aromatic heterocycles. The first kappa shape index (κ1) is 18.6. The second kappa shape index (κ2) is 8.42. The van der Waals surface area contributed by atoms with E-state index in [9.17, 15) is 14.0 Å². The molecule has 0 aliphatic carbocycles. The molecule has 132 valence electrons. The predicted octanol–water partition coefficient (Wildman–Crippen LogP) is 4.22. The fourth-order valence-electron chi connectivity index (χ4n) is 2.66. The van der Waals surface area contributed by atoms with Crippen LogP contribution in [0.1, 0.15) is 37.3 Å². The third-order valence-electron chi connectivity index (χ3n) is 4.07. The molecule has 2 N–H and O–H groups in total. The van der Waals surface area contributed by atoms with Gasteiger partial charge in [0.1, 0.15) is 5.82 Å². The fourth-order valence-corrected chi connectivity index (χ4v) is 2.66. The zero-order valence-corrected chi connectivity index (χ0v) is 14.3. The van der Waals surface area contributed by atoms with Crippen LogP contribution in [0.25, 0.3) is 0 Å². The number of carbonyl (C=O) groups excluding carboxylic acids is 1. The van der Waals surface area contributed by atoms with Crippen molar-refractivity contribution in [2.75, 3.05) is 5.32 Å². The number of halogens is 1. The summed E-state index contributed by atoms with van der Waals surface area (Å²) in [6, 6.07) is 13.2. The topological polar surface area (TPSA) is 66.4 Å². The van der Waals surface area contributed by atoms with Crippen molar-refractivity contribution in [3.63, 3.8) is 0 Å². The number of hydrogen-bond acceptors (Lipinski definition) is 2. The van der Waals surface area contributed by atoms with Gasteiger partial charge in [-0.15, -0.1) is 0 Å². The molecule has 0 fully saturated rings. The highest BCUT2D eigenvalue weighted by Gasteiger charge is 2.14. The lowest BCUT2D eigenvalue weighted by molar-refractivity contribution is -0.138. The summed E-state index contributed by atoms with van der Waals surface area (Å²) in [6.45, 7) is 3.56. The van der Waals surface area contributed by atoms with Crippen molar-refractivity contribution < 1.29 is 19.1 Å². The van der Waals surface area contributed by atoms with Gasteiger partial charge in [-0.3, -0.25) is 9.59 Å². The van der Waals surface area contributed by atoms with Crippen LogP contribution in [0, 0.1) is 11.7 Å². The molecule has 0 saturated carbocycles. The van der Waals surface area contributed by atoms with E-state index in [1.165, 1.54) is 12.1 Å². The molecular weight excluding hydrogens is 321 g/mol. The molecule has 0 radical (unpaired) electrons. The van der Waals surface area contributed by atoms with Gasteiger partial charge in [-0.1, -0.05) is 31.2 Å². The molecule has 0 aliphatic heterocycles. The highest BCUT2D eigenvalue weighted by molar-refractivity contribution is 5.90. The second-order valence-electron chi connectivity index (χ2n) is 6.37. The number of carboxylic acid groups (broad SMARTS) is 1. The summed E-state index contributed by atoms with van der Waals surface area (Å²) in [7, 11) is 0. The monoisotopic (exact) mass is 343 g/mol. The lowest BCUT2D eigenvalue weighted by Gasteiger charge is -2.13. The summed E-state index contributed by atoms with van der Waals surface area (Å²) in [5.74, 6) is -1.79. The van der Waals surface area contributed by atoms with Crippen LogP contribution < -0.4 is 5.32 Å². The first-order valence-electron chi connectivity index (χ1n) is 8.22. The SMILES string of the molecule is CC(CC(=O)Nc1ccc(C(C)C(=O)O)cc1)Cc1cccc(F)c1. The molecule has 4 nitrogen and oxygen atoms in total. The number of benzene rings is 2. The molecule has 2 atom stereocenters. The number of carboxylic acids is 1. The first-order chi connectivity index (χ1) is 11.8. The third kappa shape index (κ3) is 5.71. The summed E-state index contributed by atoms with van der Waals surface area (Å²) >= 11 is 0. The Hall–Kier alpha value is -2.69. The maximum atomic E-state index is 13.2. The predicted molar refractivity (Wildman–Crippen MR) is 95.0 cm³/mol. The number of amides is 1. The van der Waals surface area contributed by atoms with E-state index in [-0.39, 0.29) is 17.6 Å². The Morgan fingerprint density at radius 1 is 1.12 bits per heavy atom. The summed E-state index contributed by atoms with van der Waals surface area (Å²) in [6.07, 6.45) is 0.948. The maximum Gasteiger partial charge on any atom is 0.310 e. The van der Waals surface area contributed by atoms with Crippen LogP contribution in [-0.2, 0) is 16.0 Å². The van der Waals surface area contributed by atoms with Crippen LogP contribution in [0.5, 0.6) is 0 Å². The van der Waals surface area contributed by atoms with Gasteiger partial charge in [0.2, 0.25) is 5.91 Å². The molecule has 2 unspecified atom stereocenters. The lowest BCUT2D eigenvalue weighted by atomic mass is 9.97. The van der Waals surface area contributed by atoms with Gasteiger partial charge in [0.05, 0.1) is 5.92 Å². The van der Waals surface area contributed by atoms with Crippen molar-refractivity contribution in [3.05, 3.63) is 65.5 Å². The Balaban J connectivity index is 1.88. The molecule has 2 aromatic carbocycles. The molecule has 0 heterocycles. The number of rotatable bonds is 7. The Morgan fingerprint density at radius 3 is 2.40 bits per heavy atom. The van der Waals surface area contributed by atoms with Gasteiger partial charge in [0, 0.05) is 12.1 Å². The van der Waals surface area contributed by atoms with E-state index in [0.717, 1.165) is 5.56 Å². The third-order valence-corrected chi connectivity index (χ3v) is 4.07. The zero-order valence-electron chi connectivity index (χ0n) is 14.3. The van der Waals surface area contributed by atoms with Gasteiger partial charge in [-0.2, -0.15) is 0 Å². The molecule has 25 heavy (non-hydrogen) atoms. The van der Waals surface area contributed by atoms with Crippen molar-refractivity contribution in [2.45, 2.75) is 32.6 Å². The van der Waals surface area contributed by atoms with Crippen molar-refractivity contribution in [3.8, 4) is 0 Å². The van der Waals surface area contributed by atoms with Crippen LogP contribution in [0.15, 0.2) is 48.5 Å². The van der Waals surface area contributed by atoms with Crippen LogP contribution in [-0.4, -0.2) is 17.0 Å². The Labute approximate surface area is 146 Å². The highest BCUT2D eigenvalue weighted by atomic mass is 19.1. The minimum absolute atomic E-state index is 0.0769. The molecule has 2 aromatic rings. The van der Waals surface area contributed by atoms with E-state index in [0.29, 0.717) is 24.1 Å². The summed E-state index contributed by atoms with van der Waals surface area (Å²) < 4.78 is 13.2. The van der Waals surface area contributed by atoms with Gasteiger partial charge in [0.25, 0.3) is 0 Å². The smallest absolute Gasteiger partial charge is 0.310 e.